The van der Waals surface area contributed by atoms with Crippen LogP contribution in [0.1, 0.15) is 84.4 Å². The number of nitrogens with zero attached hydrogens (tertiary/aromatic N) is 3. The van der Waals surface area contributed by atoms with E-state index in [0.29, 0.717) is 35.2 Å². The van der Waals surface area contributed by atoms with Crippen LogP contribution in [0.4, 0.5) is 4.39 Å². The molecule has 0 unspecified atom stereocenters. The van der Waals surface area contributed by atoms with Crippen molar-refractivity contribution in [3.8, 4) is 34.4 Å². The van der Waals surface area contributed by atoms with Gasteiger partial charge in [-0.05, 0) is 85.0 Å². The summed E-state index contributed by atoms with van der Waals surface area (Å²) < 4.78 is 35.2. The molecule has 4 atom stereocenters. The van der Waals surface area contributed by atoms with Crippen LogP contribution in [0.2, 0.25) is 5.02 Å². The van der Waals surface area contributed by atoms with E-state index in [2.05, 4.69) is 27.3 Å². The summed E-state index contributed by atoms with van der Waals surface area (Å²) in [4.78, 5) is 6.53. The van der Waals surface area contributed by atoms with Gasteiger partial charge in [0.1, 0.15) is 36.1 Å². The van der Waals surface area contributed by atoms with Crippen molar-refractivity contribution in [3.05, 3.63) is 105 Å². The molecule has 11 heteroatoms. The maximum absolute atomic E-state index is 16.1. The molecule has 1 saturated carbocycles. The van der Waals surface area contributed by atoms with Gasteiger partial charge >= 0.3 is 0 Å². The molecule has 3 N–H and O–H groups in total. The van der Waals surface area contributed by atoms with Gasteiger partial charge in [0.25, 0.3) is 0 Å². The number of likely N-dealkylation sites (tertiary alicyclic amines) is 1. The molecule has 7 rings (SSSR count). The van der Waals surface area contributed by atoms with E-state index >= 15 is 4.39 Å². The second-order valence-corrected chi connectivity index (χ2v) is 15.5. The number of piperidine rings is 1. The molecule has 2 aliphatic carbocycles. The molecule has 1 saturated heterocycles. The van der Waals surface area contributed by atoms with Gasteiger partial charge < -0.3 is 34.6 Å². The average Bonchev–Trinajstić information content (AvgIpc) is 3.52. The van der Waals surface area contributed by atoms with Crippen molar-refractivity contribution >= 4 is 11.6 Å². The van der Waals surface area contributed by atoms with Crippen molar-refractivity contribution in [1.82, 2.24) is 15.2 Å². The molecule has 0 radical (unpaired) electrons. The minimum atomic E-state index is -1.30. The largest absolute Gasteiger partial charge is 0.493 e. The zero-order valence-electron chi connectivity index (χ0n) is 31.4. The summed E-state index contributed by atoms with van der Waals surface area (Å²) in [5.41, 5.74) is 6.56. The van der Waals surface area contributed by atoms with Gasteiger partial charge in [0.05, 0.1) is 29.4 Å². The number of fused-ring (bicyclic) bond motifs is 1. The van der Waals surface area contributed by atoms with Crippen molar-refractivity contribution in [3.63, 3.8) is 0 Å². The van der Waals surface area contributed by atoms with Crippen LogP contribution in [-0.2, 0) is 19.6 Å². The molecular formula is C44H50ClFN4O5. The van der Waals surface area contributed by atoms with Gasteiger partial charge in [0, 0.05) is 68.2 Å². The van der Waals surface area contributed by atoms with Crippen LogP contribution in [0.15, 0.2) is 67.0 Å². The second-order valence-electron chi connectivity index (χ2n) is 15.0. The van der Waals surface area contributed by atoms with Crippen molar-refractivity contribution < 1.29 is 28.8 Å². The van der Waals surface area contributed by atoms with Gasteiger partial charge in [-0.25, -0.2) is 4.39 Å². The summed E-state index contributed by atoms with van der Waals surface area (Å²) in [7, 11) is 0. The van der Waals surface area contributed by atoms with Crippen molar-refractivity contribution in [2.24, 2.45) is 0 Å². The van der Waals surface area contributed by atoms with E-state index in [1.807, 2.05) is 37.3 Å². The highest BCUT2D eigenvalue weighted by Crippen LogP contribution is 2.45. The summed E-state index contributed by atoms with van der Waals surface area (Å²) in [6.45, 7) is 5.96. The van der Waals surface area contributed by atoms with Crippen LogP contribution in [0.25, 0.3) is 11.1 Å². The SMILES string of the molecule is Cc1c(OCCCN2CCC(O)CC2)cccc1-c1cccc2c1C[C@H](F)[C@@H]2Oc1cc(OCc2cncc(C#N)c2)c(CN[C@@H]2CCCC[C@@H]2O)cc1Cl. The Morgan fingerprint density at radius 3 is 2.58 bits per heavy atom. The number of halogens is 2. The monoisotopic (exact) mass is 768 g/mol. The standard InChI is InChI=1S/C44H50ClFN4O5/c1-28-33(7-5-12-41(28)53-18-6-15-50-16-13-32(51)14-17-50)34-8-4-9-35-36(34)21-38(46)44(35)55-43-22-42(54-27-30-19-29(23-47)24-48-25-30)31(20-37(43)45)26-49-39-10-2-3-11-40(39)52/h4-5,7-9,12,19-20,22,24-25,32,38-40,44,49,51-52H,2-3,6,10-11,13-18,21,26-27H2,1H3/t38-,39+,40-,44+/m0/s1. The Morgan fingerprint density at radius 1 is 0.964 bits per heavy atom. The Morgan fingerprint density at radius 2 is 1.76 bits per heavy atom. The van der Waals surface area contributed by atoms with Crippen LogP contribution in [0.5, 0.6) is 17.2 Å². The molecule has 2 heterocycles. The lowest BCUT2D eigenvalue weighted by molar-refractivity contribution is 0.0800. The fourth-order valence-electron chi connectivity index (χ4n) is 8.12. The van der Waals surface area contributed by atoms with Crippen molar-refractivity contribution in [1.29, 1.82) is 5.26 Å². The molecular weight excluding hydrogens is 719 g/mol. The molecule has 0 spiro atoms. The molecule has 0 amide bonds. The Hall–Kier alpha value is -4.24. The fraction of sp³-hybridized carbons (Fsp3) is 0.455. The molecule has 55 heavy (non-hydrogen) atoms. The highest BCUT2D eigenvalue weighted by Gasteiger charge is 2.37. The minimum Gasteiger partial charge on any atom is -0.493 e. The van der Waals surface area contributed by atoms with Crippen LogP contribution >= 0.6 is 11.6 Å². The topological polar surface area (TPSA) is 120 Å². The van der Waals surface area contributed by atoms with Crippen LogP contribution in [0, 0.1) is 18.3 Å². The van der Waals surface area contributed by atoms with E-state index in [1.54, 1.807) is 24.4 Å². The molecule has 3 aliphatic rings. The van der Waals surface area contributed by atoms with Gasteiger partial charge in [-0.15, -0.1) is 0 Å². The van der Waals surface area contributed by atoms with Crippen molar-refractivity contribution in [2.45, 2.75) is 102 Å². The summed E-state index contributed by atoms with van der Waals surface area (Å²) in [6.07, 6.45) is 6.81. The van der Waals surface area contributed by atoms with E-state index in [4.69, 9.17) is 25.8 Å². The smallest absolute Gasteiger partial charge is 0.155 e. The highest BCUT2D eigenvalue weighted by molar-refractivity contribution is 6.32. The third-order valence-corrected chi connectivity index (χ3v) is 11.5. The molecule has 1 aromatic heterocycles. The number of hydrogen-bond acceptors (Lipinski definition) is 9. The predicted molar refractivity (Wildman–Crippen MR) is 210 cm³/mol. The van der Waals surface area contributed by atoms with Gasteiger partial charge in [-0.1, -0.05) is 54.8 Å². The molecule has 9 nitrogen and oxygen atoms in total. The zero-order valence-corrected chi connectivity index (χ0v) is 32.1. The molecule has 3 aromatic carbocycles. The number of hydrogen-bond donors (Lipinski definition) is 3. The lowest BCUT2D eigenvalue weighted by Crippen LogP contribution is -2.41. The third kappa shape index (κ3) is 9.42. The number of nitrogens with one attached hydrogen (secondary N) is 1. The molecule has 1 aliphatic heterocycles. The molecule has 4 aromatic rings. The number of rotatable bonds is 14. The summed E-state index contributed by atoms with van der Waals surface area (Å²) >= 11 is 6.88. The molecule has 0 bridgehead atoms. The Kier molecular flexibility index (Phi) is 12.9. The van der Waals surface area contributed by atoms with E-state index in [-0.39, 0.29) is 25.2 Å². The van der Waals surface area contributed by atoms with Crippen LogP contribution in [0.3, 0.4) is 0 Å². The lowest BCUT2D eigenvalue weighted by atomic mass is 9.92. The van der Waals surface area contributed by atoms with E-state index in [1.165, 1.54) is 6.20 Å². The number of aromatic nitrogens is 1. The summed E-state index contributed by atoms with van der Waals surface area (Å²) in [6, 6.07) is 19.2. The van der Waals surface area contributed by atoms with E-state index < -0.39 is 18.4 Å². The summed E-state index contributed by atoms with van der Waals surface area (Å²) in [5.74, 6) is 1.62. The first kappa shape index (κ1) is 39.0. The van der Waals surface area contributed by atoms with Gasteiger partial charge in [0.15, 0.2) is 6.10 Å². The first-order chi connectivity index (χ1) is 26.8. The fourth-order valence-corrected chi connectivity index (χ4v) is 8.35. The van der Waals surface area contributed by atoms with Gasteiger partial charge in [-0.2, -0.15) is 5.26 Å². The number of alkyl halides is 1. The number of nitriles is 1. The third-order valence-electron chi connectivity index (χ3n) is 11.2. The zero-order chi connectivity index (χ0) is 38.3. The van der Waals surface area contributed by atoms with Crippen molar-refractivity contribution in [2.75, 3.05) is 26.2 Å². The highest BCUT2D eigenvalue weighted by atomic mass is 35.5. The first-order valence-electron chi connectivity index (χ1n) is 19.5. The lowest BCUT2D eigenvalue weighted by Gasteiger charge is -2.29. The van der Waals surface area contributed by atoms with Crippen LogP contribution in [-0.4, -0.2) is 70.8 Å². The maximum Gasteiger partial charge on any atom is 0.155 e. The number of pyridine rings is 1. The molecule has 290 valence electrons. The maximum atomic E-state index is 16.1. The second kappa shape index (κ2) is 18.1. The van der Waals surface area contributed by atoms with Gasteiger partial charge in [-0.3, -0.25) is 4.98 Å². The minimum absolute atomic E-state index is 0.0405. The van der Waals surface area contributed by atoms with Crippen LogP contribution < -0.4 is 19.5 Å². The quantitative estimate of drug-likeness (QED) is 0.111. The van der Waals surface area contributed by atoms with Gasteiger partial charge in [0.2, 0.25) is 0 Å². The summed E-state index contributed by atoms with van der Waals surface area (Å²) in [5, 5.41) is 33.5. The number of aliphatic hydroxyl groups excluding tert-OH is 2. The molecule has 2 fully saturated rings. The Labute approximate surface area is 328 Å². The normalized spacial score (nSPS) is 21.5. The van der Waals surface area contributed by atoms with E-state index in [0.717, 1.165) is 109 Å². The first-order valence-corrected chi connectivity index (χ1v) is 19.9. The average molecular weight is 769 g/mol. The Balaban J connectivity index is 1.09. The number of aliphatic hydroxyl groups is 2. The van der Waals surface area contributed by atoms with E-state index in [9.17, 15) is 15.5 Å². The predicted octanol–water partition coefficient (Wildman–Crippen LogP) is 7.79. The number of ether oxygens (including phenoxy) is 3. The Bertz CT molecular complexity index is 1980. The number of benzene rings is 3.